The highest BCUT2D eigenvalue weighted by Crippen LogP contribution is 2.47. The van der Waals surface area contributed by atoms with Crippen LogP contribution in [0.5, 0.6) is 0 Å². The van der Waals surface area contributed by atoms with Crippen LogP contribution in [0.1, 0.15) is 103 Å². The summed E-state index contributed by atoms with van der Waals surface area (Å²) in [6, 6.07) is 6.88. The summed E-state index contributed by atoms with van der Waals surface area (Å²) in [5.74, 6) is 0.882. The first kappa shape index (κ1) is 27.9. The largest absolute Gasteiger partial charge is 0.416 e. The van der Waals surface area contributed by atoms with Crippen molar-refractivity contribution in [1.82, 2.24) is 25.1 Å². The summed E-state index contributed by atoms with van der Waals surface area (Å²) in [6.45, 7) is 4.30. The van der Waals surface area contributed by atoms with E-state index >= 15 is 0 Å². The van der Waals surface area contributed by atoms with E-state index < -0.39 is 17.6 Å². The number of alkyl halides is 3. The molecule has 1 aromatic carbocycles. The molecule has 0 unspecified atom stereocenters. The number of hydrogen-bond donors (Lipinski definition) is 1. The first-order valence-electron chi connectivity index (χ1n) is 14.6. The van der Waals surface area contributed by atoms with E-state index in [9.17, 15) is 18.0 Å². The first-order chi connectivity index (χ1) is 19.5. The smallest absolute Gasteiger partial charge is 0.321 e. The maximum absolute atomic E-state index is 14.3. The van der Waals surface area contributed by atoms with Crippen LogP contribution in [-0.4, -0.2) is 31.2 Å². The topological polar surface area (TPSA) is 75.9 Å². The van der Waals surface area contributed by atoms with Crippen molar-refractivity contribution in [1.29, 1.82) is 0 Å². The van der Waals surface area contributed by atoms with Crippen molar-refractivity contribution in [2.75, 3.05) is 4.90 Å². The number of halogens is 3. The summed E-state index contributed by atoms with van der Waals surface area (Å²) in [5, 5.41) is 11.8. The molecule has 41 heavy (non-hydrogen) atoms. The Balaban J connectivity index is 1.36. The molecule has 0 atom stereocenters. The van der Waals surface area contributed by atoms with Gasteiger partial charge in [0.25, 0.3) is 5.91 Å². The second kappa shape index (κ2) is 10.2. The Morgan fingerprint density at radius 1 is 1.07 bits per heavy atom. The number of carbonyl (C=O) groups excluding carboxylic acids is 1. The fourth-order valence-electron chi connectivity index (χ4n) is 6.55. The maximum atomic E-state index is 14.3. The summed E-state index contributed by atoms with van der Waals surface area (Å²) in [5.41, 5.74) is 1.59. The molecule has 1 N–H and O–H groups in total. The van der Waals surface area contributed by atoms with Crippen molar-refractivity contribution in [3.8, 4) is 0 Å². The average molecular weight is 567 g/mol. The van der Waals surface area contributed by atoms with Gasteiger partial charge in [-0.3, -0.25) is 9.69 Å². The van der Waals surface area contributed by atoms with Crippen molar-refractivity contribution in [3.63, 3.8) is 0 Å². The van der Waals surface area contributed by atoms with Gasteiger partial charge in [-0.1, -0.05) is 19.8 Å². The number of hydrogen-bond acceptors (Lipinski definition) is 5. The number of pyridine rings is 1. The Bertz CT molecular complexity index is 1470. The van der Waals surface area contributed by atoms with Gasteiger partial charge in [0, 0.05) is 42.2 Å². The van der Waals surface area contributed by atoms with Gasteiger partial charge in [-0.25, -0.2) is 4.98 Å². The lowest BCUT2D eigenvalue weighted by Gasteiger charge is -2.42. The highest BCUT2D eigenvalue weighted by atomic mass is 19.4. The molecule has 2 aromatic heterocycles. The van der Waals surface area contributed by atoms with Crippen LogP contribution < -0.4 is 10.2 Å². The van der Waals surface area contributed by atoms with Gasteiger partial charge in [0.15, 0.2) is 0 Å². The Labute approximate surface area is 238 Å². The molecule has 1 amide bonds. The number of benzene rings is 1. The first-order valence-corrected chi connectivity index (χ1v) is 14.6. The van der Waals surface area contributed by atoms with E-state index in [2.05, 4.69) is 35.4 Å². The third kappa shape index (κ3) is 5.15. The van der Waals surface area contributed by atoms with E-state index in [1.807, 2.05) is 17.7 Å². The highest BCUT2D eigenvalue weighted by molar-refractivity contribution is 6.10. The number of carbonyl (C=O) groups is 1. The zero-order chi connectivity index (χ0) is 29.0. The quantitative estimate of drug-likeness (QED) is 0.342. The Morgan fingerprint density at radius 3 is 2.41 bits per heavy atom. The van der Waals surface area contributed by atoms with Crippen molar-refractivity contribution in [3.05, 3.63) is 69.9 Å². The molecule has 10 heteroatoms. The molecule has 3 heterocycles. The number of amides is 1. The summed E-state index contributed by atoms with van der Waals surface area (Å²) >= 11 is 0. The predicted molar refractivity (Wildman–Crippen MR) is 150 cm³/mol. The fraction of sp³-hybridized carbons (Fsp3) is 0.548. The lowest BCUT2D eigenvalue weighted by molar-refractivity contribution is -0.138. The maximum Gasteiger partial charge on any atom is 0.416 e. The Kier molecular flexibility index (Phi) is 6.95. The molecule has 0 radical (unpaired) electrons. The van der Waals surface area contributed by atoms with Gasteiger partial charge in [-0.05, 0) is 86.4 Å². The summed E-state index contributed by atoms with van der Waals surface area (Å²) in [4.78, 5) is 20.0. The van der Waals surface area contributed by atoms with Crippen LogP contribution in [-0.2, 0) is 44.6 Å². The van der Waals surface area contributed by atoms with E-state index in [1.165, 1.54) is 11.0 Å². The summed E-state index contributed by atoms with van der Waals surface area (Å²) < 4.78 is 44.8. The third-order valence-corrected chi connectivity index (χ3v) is 9.46. The number of rotatable bonds is 9. The molecular formula is C31H37F3N6O. The van der Waals surface area contributed by atoms with Crippen molar-refractivity contribution >= 4 is 11.7 Å². The molecule has 2 fully saturated rings. The van der Waals surface area contributed by atoms with E-state index in [1.54, 1.807) is 12.4 Å². The molecule has 2 aliphatic carbocycles. The number of aromatic nitrogens is 4. The number of nitrogens with one attached hydrogen (secondary N) is 1. The zero-order valence-electron chi connectivity index (χ0n) is 23.9. The van der Waals surface area contributed by atoms with Crippen LogP contribution in [0.3, 0.4) is 0 Å². The predicted octanol–water partition coefficient (Wildman–Crippen LogP) is 6.04. The van der Waals surface area contributed by atoms with Gasteiger partial charge in [0.1, 0.15) is 18.0 Å². The fourth-order valence-corrected chi connectivity index (χ4v) is 6.55. The van der Waals surface area contributed by atoms with Crippen LogP contribution in [0.2, 0.25) is 0 Å². The molecule has 0 bridgehead atoms. The number of fused-ring (bicyclic) bond motifs is 1. The molecule has 3 aliphatic rings. The lowest BCUT2D eigenvalue weighted by Crippen LogP contribution is -2.47. The number of nitrogens with zero attached hydrogens (tertiary/aromatic N) is 5. The standard InChI is InChI=1S/C31H37F3N6O/c1-4-7-22-14-21(30(10-6-11-30)16-27-38-36-19-39(27)3)15-26(37-22)40-18-24-23(28(40)41)12-20(13-25(24)31(32,33)34)17-35-29(2)8-5-9-29/h12-15,19,35H,4-11,16-18H2,1-3H3. The highest BCUT2D eigenvalue weighted by Gasteiger charge is 2.43. The van der Waals surface area contributed by atoms with Gasteiger partial charge in [-0.15, -0.1) is 10.2 Å². The van der Waals surface area contributed by atoms with Gasteiger partial charge in [-0.2, -0.15) is 13.2 Å². The van der Waals surface area contributed by atoms with Crippen LogP contribution in [0.25, 0.3) is 0 Å². The summed E-state index contributed by atoms with van der Waals surface area (Å²) in [7, 11) is 1.93. The van der Waals surface area contributed by atoms with Gasteiger partial charge >= 0.3 is 6.18 Å². The minimum atomic E-state index is -4.56. The lowest BCUT2D eigenvalue weighted by atomic mass is 9.62. The van der Waals surface area contributed by atoms with Crippen LogP contribution in [0, 0.1) is 0 Å². The van der Waals surface area contributed by atoms with Crippen LogP contribution in [0.4, 0.5) is 19.0 Å². The van der Waals surface area contributed by atoms with Crippen molar-refractivity contribution < 1.29 is 18.0 Å². The third-order valence-electron chi connectivity index (χ3n) is 9.46. The molecule has 0 saturated heterocycles. The average Bonchev–Trinajstić information content (AvgIpc) is 3.44. The van der Waals surface area contributed by atoms with Crippen LogP contribution in [0.15, 0.2) is 30.6 Å². The second-order valence-electron chi connectivity index (χ2n) is 12.5. The molecule has 3 aromatic rings. The molecule has 1 aliphatic heterocycles. The summed E-state index contributed by atoms with van der Waals surface area (Å²) in [6.07, 6.45) is 5.55. The van der Waals surface area contributed by atoms with Crippen molar-refractivity contribution in [2.45, 2.75) is 102 Å². The van der Waals surface area contributed by atoms with Gasteiger partial charge < -0.3 is 9.88 Å². The minimum absolute atomic E-state index is 0.0304. The number of anilines is 1. The van der Waals surface area contributed by atoms with Gasteiger partial charge in [0.2, 0.25) is 0 Å². The molecular weight excluding hydrogens is 529 g/mol. The van der Waals surface area contributed by atoms with E-state index in [4.69, 9.17) is 4.98 Å². The molecule has 0 spiro atoms. The van der Waals surface area contributed by atoms with Crippen LogP contribution >= 0.6 is 0 Å². The Morgan fingerprint density at radius 2 is 1.83 bits per heavy atom. The molecule has 6 rings (SSSR count). The monoisotopic (exact) mass is 566 g/mol. The molecule has 218 valence electrons. The molecule has 7 nitrogen and oxygen atoms in total. The van der Waals surface area contributed by atoms with E-state index in [0.717, 1.165) is 68.4 Å². The van der Waals surface area contributed by atoms with Crippen molar-refractivity contribution in [2.24, 2.45) is 7.05 Å². The SMILES string of the molecule is CCCc1cc(C2(Cc3nncn3C)CCC2)cc(N2Cc3c(cc(CNC4(C)CCC4)cc3C(F)(F)F)C2=O)n1. The zero-order valence-corrected chi connectivity index (χ0v) is 23.9. The number of aryl methyl sites for hydroxylation is 2. The van der Waals surface area contributed by atoms with Gasteiger partial charge in [0.05, 0.1) is 12.1 Å². The molecule has 2 saturated carbocycles. The Hall–Kier alpha value is -3.27. The van der Waals surface area contributed by atoms with E-state index in [0.29, 0.717) is 24.3 Å². The second-order valence-corrected chi connectivity index (χ2v) is 12.5. The minimum Gasteiger partial charge on any atom is -0.321 e. The van der Waals surface area contributed by atoms with E-state index in [-0.39, 0.29) is 28.6 Å². The normalized spacial score (nSPS) is 19.2.